The summed E-state index contributed by atoms with van der Waals surface area (Å²) in [5.41, 5.74) is 5.57. The number of hydrogen-bond donors (Lipinski definition) is 2. The Morgan fingerprint density at radius 3 is 2.62 bits per heavy atom. The van der Waals surface area contributed by atoms with E-state index in [0.29, 0.717) is 16.9 Å². The van der Waals surface area contributed by atoms with E-state index in [9.17, 15) is 0 Å². The lowest BCUT2D eigenvalue weighted by molar-refractivity contribution is 0.472. The molecular weight excluding hydrogens is 224 g/mol. The van der Waals surface area contributed by atoms with Crippen molar-refractivity contribution in [1.29, 1.82) is 0 Å². The lowest BCUT2D eigenvalue weighted by atomic mass is 10.00. The van der Waals surface area contributed by atoms with Crippen LogP contribution in [0.3, 0.4) is 0 Å². The topological polar surface area (TPSA) is 63.8 Å². The van der Waals surface area contributed by atoms with Crippen LogP contribution in [0.5, 0.6) is 0 Å². The van der Waals surface area contributed by atoms with Crippen LogP contribution in [0.15, 0.2) is 12.4 Å². The summed E-state index contributed by atoms with van der Waals surface area (Å²) in [6.07, 6.45) is 6.57. The molecule has 1 heterocycles. The molecule has 1 rings (SSSR count). The highest BCUT2D eigenvalue weighted by molar-refractivity contribution is 6.30. The molecule has 0 saturated heterocycles. The van der Waals surface area contributed by atoms with Gasteiger partial charge in [-0.2, -0.15) is 0 Å². The largest absolute Gasteiger partial charge is 0.354 e. The standard InChI is InChI=1S/C11H19ClN4/c1-2-3-9(4-5-13)6-14-11-15-7-10(12)8-16-11/h7-9H,2-6,13H2,1H3,(H,14,15,16). The van der Waals surface area contributed by atoms with E-state index in [4.69, 9.17) is 17.3 Å². The van der Waals surface area contributed by atoms with Crippen molar-refractivity contribution in [2.75, 3.05) is 18.4 Å². The molecule has 0 aromatic carbocycles. The third-order valence-electron chi connectivity index (χ3n) is 2.44. The summed E-state index contributed by atoms with van der Waals surface area (Å²) < 4.78 is 0. The fourth-order valence-corrected chi connectivity index (χ4v) is 1.73. The van der Waals surface area contributed by atoms with Crippen LogP contribution in [0, 0.1) is 5.92 Å². The number of nitrogens with two attached hydrogens (primary N) is 1. The number of anilines is 1. The quantitative estimate of drug-likeness (QED) is 0.770. The number of nitrogens with zero attached hydrogens (tertiary/aromatic N) is 2. The first-order chi connectivity index (χ1) is 7.76. The van der Waals surface area contributed by atoms with Crippen LogP contribution < -0.4 is 11.1 Å². The zero-order chi connectivity index (χ0) is 11.8. The molecule has 1 aromatic rings. The average Bonchev–Trinajstić information content (AvgIpc) is 2.29. The fraction of sp³-hybridized carbons (Fsp3) is 0.636. The Hall–Kier alpha value is -0.870. The summed E-state index contributed by atoms with van der Waals surface area (Å²) >= 11 is 5.70. The summed E-state index contributed by atoms with van der Waals surface area (Å²) in [4.78, 5) is 8.17. The van der Waals surface area contributed by atoms with Crippen LogP contribution in [0.1, 0.15) is 26.2 Å². The highest BCUT2D eigenvalue weighted by Crippen LogP contribution is 2.11. The molecule has 3 N–H and O–H groups in total. The van der Waals surface area contributed by atoms with E-state index in [2.05, 4.69) is 22.2 Å². The zero-order valence-corrected chi connectivity index (χ0v) is 10.4. The van der Waals surface area contributed by atoms with Crippen molar-refractivity contribution in [2.24, 2.45) is 11.7 Å². The van der Waals surface area contributed by atoms with Crippen molar-refractivity contribution < 1.29 is 0 Å². The molecule has 0 radical (unpaired) electrons. The summed E-state index contributed by atoms with van der Waals surface area (Å²) in [5, 5.41) is 3.76. The zero-order valence-electron chi connectivity index (χ0n) is 9.62. The van der Waals surface area contributed by atoms with E-state index >= 15 is 0 Å². The summed E-state index contributed by atoms with van der Waals surface area (Å²) in [6.45, 7) is 3.78. The molecular formula is C11H19ClN4. The van der Waals surface area contributed by atoms with Crippen LogP contribution in [0.4, 0.5) is 5.95 Å². The molecule has 4 nitrogen and oxygen atoms in total. The molecule has 90 valence electrons. The van der Waals surface area contributed by atoms with Gasteiger partial charge in [-0.25, -0.2) is 9.97 Å². The first-order valence-corrected chi connectivity index (χ1v) is 6.05. The normalized spacial score (nSPS) is 12.4. The van der Waals surface area contributed by atoms with Gasteiger partial charge in [0.2, 0.25) is 5.95 Å². The molecule has 0 saturated carbocycles. The molecule has 1 unspecified atom stereocenters. The lowest BCUT2D eigenvalue weighted by Gasteiger charge is -2.15. The molecule has 0 aliphatic heterocycles. The molecule has 0 bridgehead atoms. The van der Waals surface area contributed by atoms with Gasteiger partial charge in [0.25, 0.3) is 0 Å². The third-order valence-corrected chi connectivity index (χ3v) is 2.64. The van der Waals surface area contributed by atoms with E-state index in [1.54, 1.807) is 12.4 Å². The molecule has 1 atom stereocenters. The minimum Gasteiger partial charge on any atom is -0.354 e. The van der Waals surface area contributed by atoms with Crippen LogP contribution in [-0.4, -0.2) is 23.1 Å². The van der Waals surface area contributed by atoms with Crippen LogP contribution in [-0.2, 0) is 0 Å². The first-order valence-electron chi connectivity index (χ1n) is 5.67. The van der Waals surface area contributed by atoms with Gasteiger partial charge < -0.3 is 11.1 Å². The molecule has 5 heteroatoms. The van der Waals surface area contributed by atoms with Crippen LogP contribution >= 0.6 is 11.6 Å². The molecule has 0 amide bonds. The minimum atomic E-state index is 0.553. The summed E-state index contributed by atoms with van der Waals surface area (Å²) in [7, 11) is 0. The van der Waals surface area contributed by atoms with Crippen molar-refractivity contribution in [3.05, 3.63) is 17.4 Å². The Kier molecular flexibility index (Phi) is 6.11. The average molecular weight is 243 g/mol. The maximum absolute atomic E-state index is 5.70. The molecule has 0 aliphatic rings. The predicted molar refractivity (Wildman–Crippen MR) is 67.6 cm³/mol. The Morgan fingerprint density at radius 2 is 2.06 bits per heavy atom. The van der Waals surface area contributed by atoms with Gasteiger partial charge in [-0.3, -0.25) is 0 Å². The second-order valence-corrected chi connectivity index (χ2v) is 4.27. The van der Waals surface area contributed by atoms with E-state index in [-0.39, 0.29) is 0 Å². The number of hydrogen-bond acceptors (Lipinski definition) is 4. The van der Waals surface area contributed by atoms with E-state index < -0.39 is 0 Å². The second-order valence-electron chi connectivity index (χ2n) is 3.84. The maximum atomic E-state index is 5.70. The molecule has 16 heavy (non-hydrogen) atoms. The maximum Gasteiger partial charge on any atom is 0.222 e. The van der Waals surface area contributed by atoms with Crippen LogP contribution in [0.25, 0.3) is 0 Å². The number of nitrogens with one attached hydrogen (secondary N) is 1. The van der Waals surface area contributed by atoms with Gasteiger partial charge >= 0.3 is 0 Å². The van der Waals surface area contributed by atoms with Gasteiger partial charge in [0, 0.05) is 6.54 Å². The molecule has 1 aromatic heterocycles. The third kappa shape index (κ3) is 4.77. The highest BCUT2D eigenvalue weighted by atomic mass is 35.5. The fourth-order valence-electron chi connectivity index (χ4n) is 1.63. The SMILES string of the molecule is CCCC(CCN)CNc1ncc(Cl)cn1. The summed E-state index contributed by atoms with van der Waals surface area (Å²) in [5.74, 6) is 1.22. The van der Waals surface area contributed by atoms with Crippen molar-refractivity contribution in [3.63, 3.8) is 0 Å². The van der Waals surface area contributed by atoms with E-state index in [0.717, 1.165) is 19.5 Å². The van der Waals surface area contributed by atoms with Crippen molar-refractivity contribution in [3.8, 4) is 0 Å². The molecule has 0 aliphatic carbocycles. The summed E-state index contributed by atoms with van der Waals surface area (Å²) in [6, 6.07) is 0. The number of rotatable bonds is 7. The van der Waals surface area contributed by atoms with E-state index in [1.165, 1.54) is 12.8 Å². The first kappa shape index (κ1) is 13.2. The second kappa shape index (κ2) is 7.41. The van der Waals surface area contributed by atoms with Gasteiger partial charge in [0.15, 0.2) is 0 Å². The van der Waals surface area contributed by atoms with Crippen molar-refractivity contribution in [2.45, 2.75) is 26.2 Å². The van der Waals surface area contributed by atoms with Gasteiger partial charge in [0.1, 0.15) is 0 Å². The number of halogens is 1. The van der Waals surface area contributed by atoms with Gasteiger partial charge in [0.05, 0.1) is 17.4 Å². The van der Waals surface area contributed by atoms with E-state index in [1.807, 2.05) is 0 Å². The predicted octanol–water partition coefficient (Wildman–Crippen LogP) is 2.31. The van der Waals surface area contributed by atoms with Crippen LogP contribution in [0.2, 0.25) is 5.02 Å². The Morgan fingerprint density at radius 1 is 1.38 bits per heavy atom. The lowest BCUT2D eigenvalue weighted by Crippen LogP contribution is -2.18. The Bertz CT molecular complexity index is 283. The smallest absolute Gasteiger partial charge is 0.222 e. The monoisotopic (exact) mass is 242 g/mol. The van der Waals surface area contributed by atoms with Gasteiger partial charge in [-0.05, 0) is 25.3 Å². The Labute approximate surface area is 102 Å². The van der Waals surface area contributed by atoms with Crippen molar-refractivity contribution >= 4 is 17.5 Å². The Balaban J connectivity index is 2.38. The highest BCUT2D eigenvalue weighted by Gasteiger charge is 2.07. The molecule has 0 fully saturated rings. The van der Waals surface area contributed by atoms with Gasteiger partial charge in [-0.1, -0.05) is 24.9 Å². The van der Waals surface area contributed by atoms with Gasteiger partial charge in [-0.15, -0.1) is 0 Å². The molecule has 0 spiro atoms. The number of aromatic nitrogens is 2. The minimum absolute atomic E-state index is 0.553. The van der Waals surface area contributed by atoms with Crippen molar-refractivity contribution in [1.82, 2.24) is 9.97 Å².